The minimum atomic E-state index is -1.28. The van der Waals surface area contributed by atoms with Gasteiger partial charge >= 0.3 is 57.2 Å². The number of aromatic carboxylic acids is 1. The molecule has 1 N–H and O–H groups in total. The molecular formula is C14H17KN2O4. The van der Waals surface area contributed by atoms with Crippen LogP contribution in [0, 0.1) is 5.21 Å². The Morgan fingerprint density at radius 2 is 1.67 bits per heavy atom. The fraction of sp³-hybridized carbons (Fsp3) is 0.429. The van der Waals surface area contributed by atoms with Crippen molar-refractivity contribution in [1.29, 1.82) is 0 Å². The molecule has 0 aromatic heterocycles. The SMILES string of the molecule is CC1(C)N(O)C(c2ccc(C(=O)[O-])cc2)=[N+]([O-])C1(C)C.[K+]. The number of carboxylic acid groups (broad SMARTS) is 1. The van der Waals surface area contributed by atoms with E-state index in [0.29, 0.717) is 5.56 Å². The van der Waals surface area contributed by atoms with Gasteiger partial charge in [-0.05, 0) is 45.4 Å². The Bertz CT molecular complexity index is 593. The molecule has 1 aliphatic heterocycles. The molecule has 0 unspecified atom stereocenters. The number of carbonyl (C=O) groups is 1. The molecule has 1 aromatic carbocycles. The zero-order chi connectivity index (χ0) is 15.3. The van der Waals surface area contributed by atoms with Crippen molar-refractivity contribution in [2.45, 2.75) is 38.8 Å². The average Bonchev–Trinajstić information content (AvgIpc) is 2.49. The molecule has 7 heteroatoms. The third-order valence-corrected chi connectivity index (χ3v) is 4.31. The van der Waals surface area contributed by atoms with Crippen LogP contribution in [0.2, 0.25) is 0 Å². The van der Waals surface area contributed by atoms with E-state index >= 15 is 0 Å². The molecule has 2 rings (SSSR count). The van der Waals surface area contributed by atoms with Crippen LogP contribution in [-0.2, 0) is 0 Å². The van der Waals surface area contributed by atoms with Crippen molar-refractivity contribution in [1.82, 2.24) is 5.06 Å². The number of rotatable bonds is 2. The van der Waals surface area contributed by atoms with Crippen molar-refractivity contribution in [2.24, 2.45) is 0 Å². The summed E-state index contributed by atoms with van der Waals surface area (Å²) in [5, 5.41) is 34.4. The second-order valence-electron chi connectivity index (χ2n) is 5.91. The van der Waals surface area contributed by atoms with Crippen LogP contribution in [0.3, 0.4) is 0 Å². The minimum Gasteiger partial charge on any atom is -0.714 e. The van der Waals surface area contributed by atoms with E-state index in [1.807, 2.05) is 0 Å². The zero-order valence-corrected chi connectivity index (χ0v) is 16.0. The topological polar surface area (TPSA) is 89.7 Å². The number of benzene rings is 1. The smallest absolute Gasteiger partial charge is 0.714 e. The Morgan fingerprint density at radius 1 is 1.19 bits per heavy atom. The predicted octanol–water partition coefficient (Wildman–Crippen LogP) is -2.43. The first-order valence-electron chi connectivity index (χ1n) is 6.26. The number of hydroxylamine groups is 3. The molecule has 1 aromatic rings. The van der Waals surface area contributed by atoms with Gasteiger partial charge in [-0.2, -0.15) is 0 Å². The molecule has 0 radical (unpaired) electrons. The van der Waals surface area contributed by atoms with Crippen LogP contribution < -0.4 is 56.5 Å². The Kier molecular flexibility index (Phi) is 5.30. The third kappa shape index (κ3) is 2.78. The van der Waals surface area contributed by atoms with Crippen molar-refractivity contribution in [3.05, 3.63) is 40.6 Å². The summed E-state index contributed by atoms with van der Waals surface area (Å²) in [6.45, 7) is 7.01. The molecule has 0 atom stereocenters. The van der Waals surface area contributed by atoms with E-state index in [1.165, 1.54) is 24.3 Å². The number of hydrogen-bond donors (Lipinski definition) is 1. The van der Waals surface area contributed by atoms with E-state index in [0.717, 1.165) is 9.80 Å². The third-order valence-electron chi connectivity index (χ3n) is 4.31. The van der Waals surface area contributed by atoms with Gasteiger partial charge < -0.3 is 15.1 Å². The average molecular weight is 316 g/mol. The molecule has 0 aliphatic carbocycles. The molecule has 0 fully saturated rings. The Hall–Kier alpha value is -0.444. The van der Waals surface area contributed by atoms with E-state index in [-0.39, 0.29) is 62.8 Å². The van der Waals surface area contributed by atoms with Crippen LogP contribution in [0.5, 0.6) is 0 Å². The molecule has 21 heavy (non-hydrogen) atoms. The van der Waals surface area contributed by atoms with Gasteiger partial charge in [-0.3, -0.25) is 4.74 Å². The van der Waals surface area contributed by atoms with Crippen LogP contribution in [0.4, 0.5) is 0 Å². The zero-order valence-electron chi connectivity index (χ0n) is 12.9. The summed E-state index contributed by atoms with van der Waals surface area (Å²) in [7, 11) is 0. The molecular weight excluding hydrogens is 299 g/mol. The quantitative estimate of drug-likeness (QED) is 0.372. The molecule has 0 spiro atoms. The van der Waals surface area contributed by atoms with Crippen molar-refractivity contribution in [3.8, 4) is 0 Å². The number of hydrogen-bond acceptors (Lipinski definition) is 5. The van der Waals surface area contributed by atoms with Crippen molar-refractivity contribution < 1.29 is 71.2 Å². The monoisotopic (exact) mass is 316 g/mol. The van der Waals surface area contributed by atoms with Crippen molar-refractivity contribution in [2.75, 3.05) is 0 Å². The molecule has 0 saturated carbocycles. The summed E-state index contributed by atoms with van der Waals surface area (Å²) >= 11 is 0. The minimum absolute atomic E-state index is 0. The van der Waals surface area contributed by atoms with Gasteiger partial charge in [0.25, 0.3) is 0 Å². The maximum Gasteiger partial charge on any atom is 1.00 e. The largest absolute Gasteiger partial charge is 1.00 e. The van der Waals surface area contributed by atoms with Gasteiger partial charge in [0.2, 0.25) is 0 Å². The first-order valence-corrected chi connectivity index (χ1v) is 6.26. The predicted molar refractivity (Wildman–Crippen MR) is 70.3 cm³/mol. The van der Waals surface area contributed by atoms with Crippen LogP contribution in [0.1, 0.15) is 43.6 Å². The fourth-order valence-electron chi connectivity index (χ4n) is 2.12. The molecule has 0 saturated heterocycles. The van der Waals surface area contributed by atoms with Gasteiger partial charge in [0.15, 0.2) is 5.54 Å². The van der Waals surface area contributed by atoms with E-state index in [9.17, 15) is 20.3 Å². The maximum absolute atomic E-state index is 12.4. The van der Waals surface area contributed by atoms with E-state index in [2.05, 4.69) is 0 Å². The van der Waals surface area contributed by atoms with Crippen LogP contribution >= 0.6 is 0 Å². The normalized spacial score (nSPS) is 19.4. The van der Waals surface area contributed by atoms with Gasteiger partial charge in [-0.1, -0.05) is 12.1 Å². The summed E-state index contributed by atoms with van der Waals surface area (Å²) < 4.78 is 0.751. The fourth-order valence-corrected chi connectivity index (χ4v) is 2.12. The second-order valence-corrected chi connectivity index (χ2v) is 5.91. The Balaban J connectivity index is 0.00000220. The van der Waals surface area contributed by atoms with Crippen LogP contribution in [0.25, 0.3) is 0 Å². The van der Waals surface area contributed by atoms with E-state index < -0.39 is 17.0 Å². The molecule has 108 valence electrons. The summed E-state index contributed by atoms with van der Waals surface area (Å²) in [6.07, 6.45) is 0. The maximum atomic E-state index is 12.4. The second kappa shape index (κ2) is 5.98. The Labute approximate surface area is 166 Å². The standard InChI is InChI=1S/C14H18N2O4.K/c1-13(2)14(3,4)16(20)11(15(13)19)9-5-7-10(8-6-9)12(17)18;/h5-8,19H,1-4H3,(H,17,18);/q;+1/p-1. The number of carbonyl (C=O) groups excluding carboxylic acids is 1. The van der Waals surface area contributed by atoms with E-state index in [4.69, 9.17) is 0 Å². The summed E-state index contributed by atoms with van der Waals surface area (Å²) in [4.78, 5) is 10.7. The van der Waals surface area contributed by atoms with E-state index in [1.54, 1.807) is 27.7 Å². The first kappa shape index (κ1) is 18.6. The molecule has 6 nitrogen and oxygen atoms in total. The molecule has 1 heterocycles. The number of nitrogens with zero attached hydrogens (tertiary/aromatic N) is 2. The number of amidine groups is 1. The van der Waals surface area contributed by atoms with Crippen LogP contribution in [0.15, 0.2) is 24.3 Å². The first-order chi connectivity index (χ1) is 9.10. The summed E-state index contributed by atoms with van der Waals surface area (Å²) in [5.41, 5.74) is -1.14. The van der Waals surface area contributed by atoms with Gasteiger partial charge in [0.1, 0.15) is 5.54 Å². The van der Waals surface area contributed by atoms with Gasteiger partial charge in [0, 0.05) is 0 Å². The van der Waals surface area contributed by atoms with Crippen molar-refractivity contribution in [3.63, 3.8) is 0 Å². The summed E-state index contributed by atoms with van der Waals surface area (Å²) in [5.74, 6) is -1.18. The van der Waals surface area contributed by atoms with Gasteiger partial charge in [0.05, 0.1) is 11.5 Å². The Morgan fingerprint density at radius 3 is 2.00 bits per heavy atom. The molecule has 0 amide bonds. The summed E-state index contributed by atoms with van der Waals surface area (Å²) in [6, 6.07) is 5.65. The molecule has 1 aliphatic rings. The van der Waals surface area contributed by atoms with Gasteiger partial charge in [-0.15, -0.1) is 5.06 Å². The van der Waals surface area contributed by atoms with Crippen molar-refractivity contribution >= 4 is 11.8 Å². The molecule has 0 bridgehead atoms. The van der Waals surface area contributed by atoms with Gasteiger partial charge in [-0.25, -0.2) is 5.21 Å². The number of carboxylic acids is 1. The van der Waals surface area contributed by atoms with Crippen LogP contribution in [-0.4, -0.2) is 37.9 Å².